The maximum absolute atomic E-state index is 12.6. The Labute approximate surface area is 136 Å². The minimum atomic E-state index is -0.788. The van der Waals surface area contributed by atoms with Gasteiger partial charge >= 0.3 is 5.97 Å². The molecule has 0 spiro atoms. The van der Waals surface area contributed by atoms with Crippen molar-refractivity contribution in [1.29, 1.82) is 0 Å². The van der Waals surface area contributed by atoms with Crippen molar-refractivity contribution in [3.05, 3.63) is 0 Å². The molecular formula is C16H26N2O5. The third kappa shape index (κ3) is 4.92. The van der Waals surface area contributed by atoms with E-state index in [0.717, 1.165) is 12.8 Å². The van der Waals surface area contributed by atoms with E-state index in [0.29, 0.717) is 39.2 Å². The number of ether oxygens (including phenoxy) is 1. The van der Waals surface area contributed by atoms with Crippen LogP contribution in [-0.2, 0) is 19.1 Å². The number of hydrogen-bond donors (Lipinski definition) is 1. The van der Waals surface area contributed by atoms with Gasteiger partial charge < -0.3 is 19.6 Å². The van der Waals surface area contributed by atoms with Crippen LogP contribution in [0.3, 0.4) is 0 Å². The van der Waals surface area contributed by atoms with Gasteiger partial charge in [-0.05, 0) is 25.2 Å². The summed E-state index contributed by atoms with van der Waals surface area (Å²) in [7, 11) is 1.59. The van der Waals surface area contributed by atoms with Gasteiger partial charge in [0.2, 0.25) is 11.8 Å². The second-order valence-electron chi connectivity index (χ2n) is 6.46. The van der Waals surface area contributed by atoms with Crippen LogP contribution in [0.15, 0.2) is 0 Å². The standard InChI is InChI=1S/C16H26N2O5/c1-23-8-7-17-11-13(9-14(17)19)16(22)18-6-2-3-12(10-18)4-5-15(20)21/h12-13H,2-11H2,1H3,(H,20,21). The molecule has 0 aromatic carbocycles. The molecule has 130 valence electrons. The fraction of sp³-hybridized carbons (Fsp3) is 0.812. The highest BCUT2D eigenvalue weighted by molar-refractivity contribution is 5.89. The van der Waals surface area contributed by atoms with Gasteiger partial charge in [0.15, 0.2) is 0 Å². The first-order valence-electron chi connectivity index (χ1n) is 8.28. The van der Waals surface area contributed by atoms with Crippen LogP contribution < -0.4 is 0 Å². The minimum absolute atomic E-state index is 0.0137. The van der Waals surface area contributed by atoms with Gasteiger partial charge in [-0.15, -0.1) is 0 Å². The molecule has 23 heavy (non-hydrogen) atoms. The Morgan fingerprint density at radius 2 is 2.13 bits per heavy atom. The molecule has 0 saturated carbocycles. The zero-order chi connectivity index (χ0) is 16.8. The Bertz CT molecular complexity index is 454. The Kier molecular flexibility index (Phi) is 6.38. The molecular weight excluding hydrogens is 300 g/mol. The SMILES string of the molecule is COCCN1CC(C(=O)N2CCCC(CCC(=O)O)C2)CC1=O. The number of rotatable bonds is 7. The van der Waals surface area contributed by atoms with Gasteiger partial charge in [-0.25, -0.2) is 0 Å². The summed E-state index contributed by atoms with van der Waals surface area (Å²) in [5.74, 6) is -0.746. The first-order chi connectivity index (χ1) is 11.0. The van der Waals surface area contributed by atoms with Crippen LogP contribution in [0.4, 0.5) is 0 Å². The highest BCUT2D eigenvalue weighted by Gasteiger charge is 2.37. The second-order valence-corrected chi connectivity index (χ2v) is 6.46. The molecule has 2 saturated heterocycles. The molecule has 0 aliphatic carbocycles. The molecule has 2 amide bonds. The molecule has 2 rings (SSSR count). The quantitative estimate of drug-likeness (QED) is 0.740. The summed E-state index contributed by atoms with van der Waals surface area (Å²) in [5.41, 5.74) is 0. The Morgan fingerprint density at radius 3 is 2.83 bits per heavy atom. The molecule has 0 radical (unpaired) electrons. The summed E-state index contributed by atoms with van der Waals surface area (Å²) in [6.07, 6.45) is 2.92. The molecule has 2 heterocycles. The number of nitrogens with zero attached hydrogens (tertiary/aromatic N) is 2. The number of aliphatic carboxylic acids is 1. The number of methoxy groups -OCH3 is 1. The van der Waals surface area contributed by atoms with E-state index in [4.69, 9.17) is 9.84 Å². The Hall–Kier alpha value is -1.63. The lowest BCUT2D eigenvalue weighted by molar-refractivity contribution is -0.138. The number of carbonyl (C=O) groups is 3. The second kappa shape index (κ2) is 8.29. The molecule has 7 heteroatoms. The monoisotopic (exact) mass is 326 g/mol. The van der Waals surface area contributed by atoms with Gasteiger partial charge in [0.05, 0.1) is 12.5 Å². The third-order valence-corrected chi connectivity index (χ3v) is 4.73. The molecule has 0 aromatic rings. The topological polar surface area (TPSA) is 87.2 Å². The predicted octanol–water partition coefficient (Wildman–Crippen LogP) is 0.585. The van der Waals surface area contributed by atoms with Crippen molar-refractivity contribution in [1.82, 2.24) is 9.80 Å². The van der Waals surface area contributed by atoms with Crippen molar-refractivity contribution < 1.29 is 24.2 Å². The average molecular weight is 326 g/mol. The number of hydrogen-bond acceptors (Lipinski definition) is 4. The number of carboxylic acid groups (broad SMARTS) is 1. The minimum Gasteiger partial charge on any atom is -0.481 e. The lowest BCUT2D eigenvalue weighted by Gasteiger charge is -2.34. The van der Waals surface area contributed by atoms with Crippen LogP contribution >= 0.6 is 0 Å². The number of likely N-dealkylation sites (tertiary alicyclic amines) is 2. The highest BCUT2D eigenvalue weighted by atomic mass is 16.5. The highest BCUT2D eigenvalue weighted by Crippen LogP contribution is 2.25. The molecule has 0 aromatic heterocycles. The summed E-state index contributed by atoms with van der Waals surface area (Å²) in [6, 6.07) is 0. The van der Waals surface area contributed by atoms with Crippen molar-refractivity contribution >= 4 is 17.8 Å². The molecule has 2 fully saturated rings. The van der Waals surface area contributed by atoms with Gasteiger partial charge in [0, 0.05) is 46.1 Å². The molecule has 7 nitrogen and oxygen atoms in total. The lowest BCUT2D eigenvalue weighted by atomic mass is 9.92. The predicted molar refractivity (Wildman–Crippen MR) is 82.7 cm³/mol. The summed E-state index contributed by atoms with van der Waals surface area (Å²) < 4.78 is 4.99. The lowest BCUT2D eigenvalue weighted by Crippen LogP contribution is -2.43. The largest absolute Gasteiger partial charge is 0.481 e. The molecule has 0 bridgehead atoms. The zero-order valence-electron chi connectivity index (χ0n) is 13.7. The van der Waals surface area contributed by atoms with Crippen molar-refractivity contribution in [3.8, 4) is 0 Å². The fourth-order valence-corrected chi connectivity index (χ4v) is 3.44. The van der Waals surface area contributed by atoms with E-state index in [1.54, 1.807) is 12.0 Å². The van der Waals surface area contributed by atoms with Crippen LogP contribution in [-0.4, -0.2) is 72.6 Å². The summed E-state index contributed by atoms with van der Waals surface area (Å²) in [5, 5.41) is 8.79. The molecule has 2 unspecified atom stereocenters. The van der Waals surface area contributed by atoms with Gasteiger partial charge in [-0.1, -0.05) is 0 Å². The number of carbonyl (C=O) groups excluding carboxylic acids is 2. The number of piperidine rings is 1. The van der Waals surface area contributed by atoms with Crippen LogP contribution in [0.1, 0.15) is 32.1 Å². The van der Waals surface area contributed by atoms with Crippen molar-refractivity contribution in [3.63, 3.8) is 0 Å². The number of amides is 2. The third-order valence-electron chi connectivity index (χ3n) is 4.73. The van der Waals surface area contributed by atoms with Gasteiger partial charge in [0.1, 0.15) is 0 Å². The van der Waals surface area contributed by atoms with Crippen LogP contribution in [0.5, 0.6) is 0 Å². The van der Waals surface area contributed by atoms with Crippen LogP contribution in [0, 0.1) is 11.8 Å². The van der Waals surface area contributed by atoms with Crippen LogP contribution in [0.25, 0.3) is 0 Å². The number of carboxylic acids is 1. The Morgan fingerprint density at radius 1 is 1.35 bits per heavy atom. The van der Waals surface area contributed by atoms with Gasteiger partial charge in [-0.2, -0.15) is 0 Å². The molecule has 2 atom stereocenters. The summed E-state index contributed by atoms with van der Waals surface area (Å²) in [6.45, 7) is 2.81. The molecule has 2 aliphatic heterocycles. The first-order valence-corrected chi connectivity index (χ1v) is 8.28. The molecule has 1 N–H and O–H groups in total. The zero-order valence-corrected chi connectivity index (χ0v) is 13.7. The van der Waals surface area contributed by atoms with E-state index in [9.17, 15) is 14.4 Å². The van der Waals surface area contributed by atoms with E-state index in [1.807, 2.05) is 4.90 Å². The maximum atomic E-state index is 12.6. The fourth-order valence-electron chi connectivity index (χ4n) is 3.44. The van der Waals surface area contributed by atoms with Gasteiger partial charge in [0.25, 0.3) is 0 Å². The van der Waals surface area contributed by atoms with E-state index in [-0.39, 0.29) is 36.5 Å². The van der Waals surface area contributed by atoms with E-state index >= 15 is 0 Å². The summed E-state index contributed by atoms with van der Waals surface area (Å²) >= 11 is 0. The van der Waals surface area contributed by atoms with Crippen molar-refractivity contribution in [2.24, 2.45) is 11.8 Å². The first kappa shape index (κ1) is 17.7. The van der Waals surface area contributed by atoms with Gasteiger partial charge in [-0.3, -0.25) is 14.4 Å². The van der Waals surface area contributed by atoms with E-state index < -0.39 is 5.97 Å². The summed E-state index contributed by atoms with van der Waals surface area (Å²) in [4.78, 5) is 38.8. The smallest absolute Gasteiger partial charge is 0.303 e. The maximum Gasteiger partial charge on any atom is 0.303 e. The Balaban J connectivity index is 1.85. The average Bonchev–Trinajstić information content (AvgIpc) is 2.91. The van der Waals surface area contributed by atoms with Crippen molar-refractivity contribution in [2.45, 2.75) is 32.1 Å². The van der Waals surface area contributed by atoms with E-state index in [2.05, 4.69) is 0 Å². The van der Waals surface area contributed by atoms with E-state index in [1.165, 1.54) is 0 Å². The normalized spacial score (nSPS) is 25.0. The molecule has 2 aliphatic rings. The van der Waals surface area contributed by atoms with Crippen LogP contribution in [0.2, 0.25) is 0 Å². The van der Waals surface area contributed by atoms with Crippen molar-refractivity contribution in [2.75, 3.05) is 39.9 Å².